The first-order valence-corrected chi connectivity index (χ1v) is 9.78. The Bertz CT molecular complexity index is 579. The molecule has 0 unspecified atom stereocenters. The summed E-state index contributed by atoms with van der Waals surface area (Å²) in [5.41, 5.74) is 5.05. The molecule has 106 valence electrons. The standard InChI is InChI=1S/C14H19BO4Si/c1-10-11(6-7-20(3,4)5)8-12(15(17)18)9-13(10)14(16)19-2/h8-9,17-18H,1-5H3. The summed E-state index contributed by atoms with van der Waals surface area (Å²) >= 11 is 0. The van der Waals surface area contributed by atoms with Crippen molar-refractivity contribution in [1.82, 2.24) is 0 Å². The Morgan fingerprint density at radius 3 is 2.35 bits per heavy atom. The van der Waals surface area contributed by atoms with E-state index in [1.54, 1.807) is 13.0 Å². The lowest BCUT2D eigenvalue weighted by atomic mass is 9.77. The number of hydrogen-bond donors (Lipinski definition) is 2. The van der Waals surface area contributed by atoms with Crippen molar-refractivity contribution in [2.24, 2.45) is 0 Å². The van der Waals surface area contributed by atoms with Gasteiger partial charge in [0.15, 0.2) is 0 Å². The molecular formula is C14H19BO4Si. The monoisotopic (exact) mass is 290 g/mol. The van der Waals surface area contributed by atoms with E-state index >= 15 is 0 Å². The summed E-state index contributed by atoms with van der Waals surface area (Å²) < 4.78 is 4.71. The topological polar surface area (TPSA) is 66.8 Å². The first kappa shape index (κ1) is 16.5. The maximum absolute atomic E-state index is 11.7. The van der Waals surface area contributed by atoms with Crippen LogP contribution in [-0.2, 0) is 4.74 Å². The van der Waals surface area contributed by atoms with Crippen LogP contribution in [0.5, 0.6) is 0 Å². The van der Waals surface area contributed by atoms with Gasteiger partial charge in [0.1, 0.15) is 8.07 Å². The molecule has 1 rings (SSSR count). The van der Waals surface area contributed by atoms with E-state index in [1.165, 1.54) is 13.2 Å². The molecular weight excluding hydrogens is 271 g/mol. The van der Waals surface area contributed by atoms with Crippen LogP contribution in [0.3, 0.4) is 0 Å². The van der Waals surface area contributed by atoms with Gasteiger partial charge in [-0.25, -0.2) is 4.79 Å². The molecule has 0 fully saturated rings. The fraction of sp³-hybridized carbons (Fsp3) is 0.357. The van der Waals surface area contributed by atoms with E-state index in [0.717, 1.165) is 0 Å². The third-order valence-corrected chi connectivity index (χ3v) is 3.58. The van der Waals surface area contributed by atoms with Crippen LogP contribution in [0.15, 0.2) is 12.1 Å². The van der Waals surface area contributed by atoms with E-state index in [4.69, 9.17) is 4.74 Å². The van der Waals surface area contributed by atoms with E-state index in [-0.39, 0.29) is 5.46 Å². The largest absolute Gasteiger partial charge is 0.488 e. The number of benzene rings is 1. The second-order valence-electron chi connectivity index (χ2n) is 5.61. The summed E-state index contributed by atoms with van der Waals surface area (Å²) in [5.74, 6) is 2.54. The number of hydrogen-bond acceptors (Lipinski definition) is 4. The number of methoxy groups -OCH3 is 1. The molecule has 4 nitrogen and oxygen atoms in total. The lowest BCUT2D eigenvalue weighted by molar-refractivity contribution is 0.0600. The van der Waals surface area contributed by atoms with Crippen molar-refractivity contribution >= 4 is 26.6 Å². The third-order valence-electron chi connectivity index (χ3n) is 2.71. The SMILES string of the molecule is COC(=O)c1cc(B(O)O)cc(C#C[Si](C)(C)C)c1C. The molecule has 0 aliphatic carbocycles. The van der Waals surface area contributed by atoms with Crippen LogP contribution < -0.4 is 5.46 Å². The Morgan fingerprint density at radius 1 is 1.30 bits per heavy atom. The van der Waals surface area contributed by atoms with Crippen LogP contribution in [0.25, 0.3) is 0 Å². The molecule has 0 aliphatic heterocycles. The first-order valence-electron chi connectivity index (χ1n) is 6.28. The zero-order valence-corrected chi connectivity index (χ0v) is 13.4. The molecule has 0 atom stereocenters. The minimum Gasteiger partial charge on any atom is -0.465 e. The van der Waals surface area contributed by atoms with Gasteiger partial charge in [0.25, 0.3) is 0 Å². The fourth-order valence-corrected chi connectivity index (χ4v) is 2.10. The smallest absolute Gasteiger partial charge is 0.465 e. The number of carbonyl (C=O) groups excluding carboxylic acids is 1. The van der Waals surface area contributed by atoms with Crippen LogP contribution in [0.1, 0.15) is 21.5 Å². The molecule has 0 heterocycles. The van der Waals surface area contributed by atoms with Crippen molar-refractivity contribution in [3.8, 4) is 11.5 Å². The maximum atomic E-state index is 11.7. The molecule has 0 amide bonds. The van der Waals surface area contributed by atoms with Gasteiger partial charge >= 0.3 is 13.1 Å². The third kappa shape index (κ3) is 4.24. The van der Waals surface area contributed by atoms with Crippen molar-refractivity contribution in [3.05, 3.63) is 28.8 Å². The normalized spacial score (nSPS) is 10.6. The molecule has 1 aromatic rings. The van der Waals surface area contributed by atoms with Gasteiger partial charge < -0.3 is 14.8 Å². The molecule has 6 heteroatoms. The van der Waals surface area contributed by atoms with E-state index in [0.29, 0.717) is 16.7 Å². The van der Waals surface area contributed by atoms with Crippen LogP contribution >= 0.6 is 0 Å². The summed E-state index contributed by atoms with van der Waals surface area (Å²) in [4.78, 5) is 11.7. The summed E-state index contributed by atoms with van der Waals surface area (Å²) in [6.45, 7) is 8.11. The van der Waals surface area contributed by atoms with Crippen molar-refractivity contribution < 1.29 is 19.6 Å². The Morgan fingerprint density at radius 2 is 1.90 bits per heavy atom. The minimum atomic E-state index is -1.65. The molecule has 0 bridgehead atoms. The minimum absolute atomic E-state index is 0.232. The fourth-order valence-electron chi connectivity index (χ4n) is 1.59. The highest BCUT2D eigenvalue weighted by molar-refractivity contribution is 6.83. The number of carbonyl (C=O) groups is 1. The van der Waals surface area contributed by atoms with Crippen molar-refractivity contribution in [3.63, 3.8) is 0 Å². The Kier molecular flexibility index (Phi) is 5.17. The zero-order valence-electron chi connectivity index (χ0n) is 12.4. The van der Waals surface area contributed by atoms with E-state index in [2.05, 4.69) is 31.1 Å². The van der Waals surface area contributed by atoms with E-state index < -0.39 is 21.2 Å². The quantitative estimate of drug-likeness (QED) is 0.478. The Balaban J connectivity index is 3.46. The molecule has 2 N–H and O–H groups in total. The Hall–Kier alpha value is -1.55. The zero-order chi connectivity index (χ0) is 15.5. The second kappa shape index (κ2) is 6.27. The number of ether oxygens (including phenoxy) is 1. The molecule has 20 heavy (non-hydrogen) atoms. The molecule has 0 spiro atoms. The van der Waals surface area contributed by atoms with Gasteiger partial charge in [-0.3, -0.25) is 0 Å². The first-order chi connectivity index (χ1) is 9.15. The predicted molar refractivity (Wildman–Crippen MR) is 82.6 cm³/mol. The summed E-state index contributed by atoms with van der Waals surface area (Å²) in [5, 5.41) is 18.6. The lowest BCUT2D eigenvalue weighted by Crippen LogP contribution is -2.31. The van der Waals surface area contributed by atoms with Gasteiger partial charge in [0.2, 0.25) is 0 Å². The van der Waals surface area contributed by atoms with Crippen LogP contribution in [0.2, 0.25) is 19.6 Å². The lowest BCUT2D eigenvalue weighted by Gasteiger charge is -2.10. The van der Waals surface area contributed by atoms with Crippen molar-refractivity contribution in [2.45, 2.75) is 26.6 Å². The summed E-state index contributed by atoms with van der Waals surface area (Å²) in [6.07, 6.45) is 0. The van der Waals surface area contributed by atoms with Gasteiger partial charge in [0, 0.05) is 5.56 Å². The highest BCUT2D eigenvalue weighted by Crippen LogP contribution is 2.13. The van der Waals surface area contributed by atoms with Gasteiger partial charge in [0.05, 0.1) is 12.7 Å². The molecule has 0 radical (unpaired) electrons. The van der Waals surface area contributed by atoms with Gasteiger partial charge in [-0.05, 0) is 30.1 Å². The van der Waals surface area contributed by atoms with E-state index in [1.807, 2.05) is 0 Å². The number of rotatable bonds is 2. The van der Waals surface area contributed by atoms with Crippen LogP contribution in [-0.4, -0.2) is 38.3 Å². The molecule has 0 aliphatic rings. The highest BCUT2D eigenvalue weighted by Gasteiger charge is 2.19. The highest BCUT2D eigenvalue weighted by atomic mass is 28.3. The Labute approximate surface area is 120 Å². The summed E-state index contributed by atoms with van der Waals surface area (Å²) in [6, 6.07) is 3.02. The van der Waals surface area contributed by atoms with Crippen LogP contribution in [0.4, 0.5) is 0 Å². The molecule has 0 saturated heterocycles. The van der Waals surface area contributed by atoms with Gasteiger partial charge in [-0.1, -0.05) is 25.6 Å². The van der Waals surface area contributed by atoms with Crippen molar-refractivity contribution in [1.29, 1.82) is 0 Å². The molecule has 0 saturated carbocycles. The molecule has 0 aromatic heterocycles. The number of esters is 1. The maximum Gasteiger partial charge on any atom is 0.488 e. The molecule has 1 aromatic carbocycles. The van der Waals surface area contributed by atoms with Gasteiger partial charge in [-0.2, -0.15) is 0 Å². The van der Waals surface area contributed by atoms with Crippen molar-refractivity contribution in [2.75, 3.05) is 7.11 Å². The second-order valence-corrected chi connectivity index (χ2v) is 10.4. The predicted octanol–water partition coefficient (Wildman–Crippen LogP) is 0.690. The van der Waals surface area contributed by atoms with Crippen LogP contribution in [0, 0.1) is 18.4 Å². The van der Waals surface area contributed by atoms with E-state index in [9.17, 15) is 14.8 Å². The summed E-state index contributed by atoms with van der Waals surface area (Å²) in [7, 11) is -1.92. The van der Waals surface area contributed by atoms with Gasteiger partial charge in [-0.15, -0.1) is 5.54 Å². The average molecular weight is 290 g/mol. The average Bonchev–Trinajstić information content (AvgIpc) is 2.35.